The van der Waals surface area contributed by atoms with Crippen LogP contribution in [0.1, 0.15) is 78.6 Å². The number of ketones is 1. The molecule has 5 nitrogen and oxygen atoms in total. The number of carbonyl (C=O) groups excluding carboxylic acids is 1. The summed E-state index contributed by atoms with van der Waals surface area (Å²) in [5, 5.41) is 31.4. The number of carboxylic acid groups (broad SMARTS) is 1. The Bertz CT molecular complexity index is 676. The van der Waals surface area contributed by atoms with E-state index in [4.69, 9.17) is 5.11 Å². The third-order valence-electron chi connectivity index (χ3n) is 10.1. The van der Waals surface area contributed by atoms with E-state index in [1.54, 1.807) is 0 Å². The molecule has 0 spiro atoms. The number of aliphatic hydroxyl groups excluding tert-OH is 2. The van der Waals surface area contributed by atoms with Crippen molar-refractivity contribution in [1.29, 1.82) is 0 Å². The van der Waals surface area contributed by atoms with E-state index >= 15 is 0 Å². The van der Waals surface area contributed by atoms with Crippen LogP contribution >= 0.6 is 0 Å². The van der Waals surface area contributed by atoms with Gasteiger partial charge < -0.3 is 15.3 Å². The standard InChI is InChI=1S/C24H38O5/c1-13(4-7-19(26)27)15-5-6-16-20-17(9-11-23(15,16)2)24(3)10-8-14(25)12-18(24)21(28)22(20)29/h13,15-18,20-22,28-29H,4-12H2,1-3H3,(H,26,27)/t13-,15-,16+,17+,18+,20+,21+,22-,23-,24-/m1/s1. The molecule has 0 aromatic heterocycles. The average Bonchev–Trinajstić information content (AvgIpc) is 3.02. The van der Waals surface area contributed by atoms with Gasteiger partial charge in [0.15, 0.2) is 0 Å². The van der Waals surface area contributed by atoms with Crippen molar-refractivity contribution >= 4 is 11.8 Å². The van der Waals surface area contributed by atoms with E-state index in [9.17, 15) is 19.8 Å². The summed E-state index contributed by atoms with van der Waals surface area (Å²) >= 11 is 0. The molecule has 0 aliphatic heterocycles. The van der Waals surface area contributed by atoms with E-state index < -0.39 is 18.2 Å². The highest BCUT2D eigenvalue weighted by atomic mass is 16.4. The number of fused-ring (bicyclic) bond motifs is 5. The second-order valence-electron chi connectivity index (χ2n) is 11.3. The van der Waals surface area contributed by atoms with Gasteiger partial charge in [-0.3, -0.25) is 9.59 Å². The second-order valence-corrected chi connectivity index (χ2v) is 11.3. The third-order valence-corrected chi connectivity index (χ3v) is 10.1. The lowest BCUT2D eigenvalue weighted by Crippen LogP contribution is -2.64. The number of carboxylic acids is 1. The summed E-state index contributed by atoms with van der Waals surface area (Å²) in [6.07, 6.45) is 5.54. The molecule has 29 heavy (non-hydrogen) atoms. The summed E-state index contributed by atoms with van der Waals surface area (Å²) in [7, 11) is 0. The Morgan fingerprint density at radius 3 is 2.41 bits per heavy atom. The zero-order valence-corrected chi connectivity index (χ0v) is 18.1. The van der Waals surface area contributed by atoms with Crippen LogP contribution in [-0.2, 0) is 9.59 Å². The molecule has 0 bridgehead atoms. The smallest absolute Gasteiger partial charge is 0.303 e. The van der Waals surface area contributed by atoms with Crippen LogP contribution in [0.15, 0.2) is 0 Å². The molecule has 4 fully saturated rings. The molecule has 4 saturated carbocycles. The Labute approximate surface area is 174 Å². The predicted molar refractivity (Wildman–Crippen MR) is 109 cm³/mol. The van der Waals surface area contributed by atoms with E-state index in [0.717, 1.165) is 32.1 Å². The number of hydrogen-bond acceptors (Lipinski definition) is 4. The fourth-order valence-corrected chi connectivity index (χ4v) is 8.58. The normalized spacial score (nSPS) is 50.4. The third kappa shape index (κ3) is 3.18. The zero-order valence-electron chi connectivity index (χ0n) is 18.1. The average molecular weight is 407 g/mol. The van der Waals surface area contributed by atoms with Gasteiger partial charge in [-0.15, -0.1) is 0 Å². The van der Waals surface area contributed by atoms with Gasteiger partial charge in [0, 0.05) is 19.3 Å². The first-order chi connectivity index (χ1) is 13.6. The monoisotopic (exact) mass is 406 g/mol. The van der Waals surface area contributed by atoms with Gasteiger partial charge in [-0.2, -0.15) is 0 Å². The minimum atomic E-state index is -0.809. The highest BCUT2D eigenvalue weighted by Crippen LogP contribution is 2.68. The molecule has 10 atom stereocenters. The number of aliphatic hydroxyl groups is 2. The lowest BCUT2D eigenvalue weighted by atomic mass is 9.43. The molecule has 0 saturated heterocycles. The van der Waals surface area contributed by atoms with E-state index in [1.165, 1.54) is 0 Å². The summed E-state index contributed by atoms with van der Waals surface area (Å²) in [5.41, 5.74) is 0.0407. The van der Waals surface area contributed by atoms with E-state index in [2.05, 4.69) is 20.8 Å². The van der Waals surface area contributed by atoms with Crippen LogP contribution in [0.4, 0.5) is 0 Å². The summed E-state index contributed by atoms with van der Waals surface area (Å²) in [6.45, 7) is 6.83. The maximum Gasteiger partial charge on any atom is 0.303 e. The Morgan fingerprint density at radius 1 is 1.03 bits per heavy atom. The van der Waals surface area contributed by atoms with E-state index in [0.29, 0.717) is 42.9 Å². The molecule has 164 valence electrons. The van der Waals surface area contributed by atoms with Crippen molar-refractivity contribution in [3.05, 3.63) is 0 Å². The van der Waals surface area contributed by atoms with Crippen molar-refractivity contribution in [2.24, 2.45) is 46.3 Å². The van der Waals surface area contributed by atoms with Crippen LogP contribution in [0.5, 0.6) is 0 Å². The lowest BCUT2D eigenvalue weighted by molar-refractivity contribution is -0.214. The summed E-state index contributed by atoms with van der Waals surface area (Å²) < 4.78 is 0. The molecule has 0 aromatic rings. The molecule has 4 rings (SSSR count). The maximum atomic E-state index is 12.1. The highest BCUT2D eigenvalue weighted by molar-refractivity contribution is 5.79. The molecule has 0 amide bonds. The van der Waals surface area contributed by atoms with Gasteiger partial charge in [-0.05, 0) is 84.9 Å². The predicted octanol–water partition coefficient (Wildman–Crippen LogP) is 3.66. The topological polar surface area (TPSA) is 94.8 Å². The fraction of sp³-hybridized carbons (Fsp3) is 0.917. The molecule has 0 heterocycles. The van der Waals surface area contributed by atoms with Gasteiger partial charge in [-0.1, -0.05) is 20.8 Å². The molecular weight excluding hydrogens is 368 g/mol. The number of carbonyl (C=O) groups is 2. The molecule has 0 unspecified atom stereocenters. The molecule has 5 heteroatoms. The van der Waals surface area contributed by atoms with Crippen molar-refractivity contribution in [2.45, 2.75) is 90.8 Å². The summed E-state index contributed by atoms with van der Waals surface area (Å²) in [4.78, 5) is 23.2. The van der Waals surface area contributed by atoms with Crippen LogP contribution in [0.2, 0.25) is 0 Å². The minimum Gasteiger partial charge on any atom is -0.481 e. The molecule has 4 aliphatic carbocycles. The van der Waals surface area contributed by atoms with Crippen LogP contribution in [0.3, 0.4) is 0 Å². The first-order valence-electron chi connectivity index (χ1n) is 11.7. The molecule has 0 radical (unpaired) electrons. The molecule has 0 aromatic carbocycles. The number of rotatable bonds is 4. The number of hydrogen-bond donors (Lipinski definition) is 3. The minimum absolute atomic E-state index is 0.0639. The van der Waals surface area contributed by atoms with Gasteiger partial charge >= 0.3 is 5.97 Å². The largest absolute Gasteiger partial charge is 0.481 e. The van der Waals surface area contributed by atoms with Crippen molar-refractivity contribution < 1.29 is 24.9 Å². The first kappa shape index (κ1) is 21.3. The number of aliphatic carboxylic acids is 1. The van der Waals surface area contributed by atoms with Gasteiger partial charge in [-0.25, -0.2) is 0 Å². The van der Waals surface area contributed by atoms with Gasteiger partial charge in [0.05, 0.1) is 12.2 Å². The van der Waals surface area contributed by atoms with Gasteiger partial charge in [0.25, 0.3) is 0 Å². The van der Waals surface area contributed by atoms with Crippen molar-refractivity contribution in [3.63, 3.8) is 0 Å². The van der Waals surface area contributed by atoms with Crippen LogP contribution in [-0.4, -0.2) is 39.3 Å². The van der Waals surface area contributed by atoms with Crippen LogP contribution in [0.25, 0.3) is 0 Å². The zero-order chi connectivity index (χ0) is 21.1. The molecule has 4 aliphatic rings. The second kappa shape index (κ2) is 7.33. The van der Waals surface area contributed by atoms with Crippen LogP contribution < -0.4 is 0 Å². The molecule has 3 N–H and O–H groups in total. The SMILES string of the molecule is C[C@H](CCC(=O)O)[C@H]1CC[C@H]2[C@@H]3[C@@H](O)[C@@H](O)[C@@H]4CC(=O)CC[C@]4(C)[C@H]3CC[C@]12C. The highest BCUT2D eigenvalue weighted by Gasteiger charge is 2.65. The van der Waals surface area contributed by atoms with Gasteiger partial charge in [0.1, 0.15) is 5.78 Å². The van der Waals surface area contributed by atoms with Crippen LogP contribution in [0, 0.1) is 46.3 Å². The molecular formula is C24H38O5. The first-order valence-corrected chi connectivity index (χ1v) is 11.7. The van der Waals surface area contributed by atoms with Gasteiger partial charge in [0.2, 0.25) is 0 Å². The maximum absolute atomic E-state index is 12.1. The number of Topliss-reactive ketones (excluding diaryl/α,β-unsaturated/α-hetero) is 1. The summed E-state index contributed by atoms with van der Waals surface area (Å²) in [6, 6.07) is 0. The van der Waals surface area contributed by atoms with Crippen molar-refractivity contribution in [1.82, 2.24) is 0 Å². The lowest BCUT2D eigenvalue weighted by Gasteiger charge is -2.63. The van der Waals surface area contributed by atoms with E-state index in [-0.39, 0.29) is 34.9 Å². The Kier molecular flexibility index (Phi) is 5.39. The Morgan fingerprint density at radius 2 is 1.72 bits per heavy atom. The fourth-order valence-electron chi connectivity index (χ4n) is 8.58. The van der Waals surface area contributed by atoms with Crippen molar-refractivity contribution in [3.8, 4) is 0 Å². The summed E-state index contributed by atoms with van der Waals surface area (Å²) in [5.74, 6) is 1.06. The van der Waals surface area contributed by atoms with E-state index in [1.807, 2.05) is 0 Å². The Hall–Kier alpha value is -0.940. The quantitative estimate of drug-likeness (QED) is 0.662. The Balaban J connectivity index is 1.60. The van der Waals surface area contributed by atoms with Crippen molar-refractivity contribution in [2.75, 3.05) is 0 Å².